The Morgan fingerprint density at radius 2 is 1.60 bits per heavy atom. The molecule has 0 spiro atoms. The summed E-state index contributed by atoms with van der Waals surface area (Å²) in [5, 5.41) is 2.94. The van der Waals surface area contributed by atoms with Crippen LogP contribution < -0.4 is 16.7 Å². The van der Waals surface area contributed by atoms with Crippen LogP contribution in [0.1, 0.15) is 47.8 Å². The van der Waals surface area contributed by atoms with E-state index in [9.17, 15) is 9.59 Å². The van der Waals surface area contributed by atoms with Crippen molar-refractivity contribution in [3.05, 3.63) is 53.1 Å². The molecule has 0 saturated carbocycles. The van der Waals surface area contributed by atoms with Crippen LogP contribution in [0.5, 0.6) is 0 Å². The van der Waals surface area contributed by atoms with Crippen molar-refractivity contribution in [3.63, 3.8) is 0 Å². The van der Waals surface area contributed by atoms with Gasteiger partial charge in [0.25, 0.3) is 0 Å². The molecule has 0 unspecified atom stereocenters. The number of carbonyl (C=O) groups is 1. The predicted octanol–water partition coefficient (Wildman–Crippen LogP) is 5.76. The Morgan fingerprint density at radius 3 is 2.12 bits per heavy atom. The van der Waals surface area contributed by atoms with Crippen molar-refractivity contribution in [2.75, 3.05) is 11.9 Å². The molecule has 1 amide bonds. The van der Waals surface area contributed by atoms with Gasteiger partial charge >= 0.3 is 11.8 Å². The normalized spacial score (nSPS) is 22.2. The van der Waals surface area contributed by atoms with Gasteiger partial charge in [-0.05, 0) is 54.5 Å². The van der Waals surface area contributed by atoms with Crippen molar-refractivity contribution in [2.45, 2.75) is 102 Å². The van der Waals surface area contributed by atoms with E-state index in [1.807, 2.05) is 30.3 Å². The van der Waals surface area contributed by atoms with Crippen LogP contribution in [0.2, 0.25) is 36.3 Å². The number of benzene rings is 1. The summed E-state index contributed by atoms with van der Waals surface area (Å²) in [6, 6.07) is 11.2. The average Bonchev–Trinajstić information content (AvgIpc) is 3.12. The van der Waals surface area contributed by atoms with Crippen LogP contribution in [0.25, 0.3) is 0 Å². The predicted molar refractivity (Wildman–Crippen MR) is 162 cm³/mol. The number of primary amides is 1. The molecule has 10 nitrogen and oxygen atoms in total. The summed E-state index contributed by atoms with van der Waals surface area (Å²) in [6.07, 6.45) is -2.61. The quantitative estimate of drug-likeness (QED) is 0.353. The van der Waals surface area contributed by atoms with E-state index in [1.54, 1.807) is 12.3 Å². The minimum atomic E-state index is -2.43. The molecule has 4 atom stereocenters. The molecular formula is C28H46N4O6Si2. The molecule has 3 N–H and O–H groups in total. The fraction of sp³-hybridized carbons (Fsp3) is 0.607. The van der Waals surface area contributed by atoms with Crippen molar-refractivity contribution < 1.29 is 23.1 Å². The first-order valence-corrected chi connectivity index (χ1v) is 19.5. The van der Waals surface area contributed by atoms with E-state index < -0.39 is 53.0 Å². The third-order valence-corrected chi connectivity index (χ3v) is 17.3. The standard InChI is InChI=1S/C28H46N4O6Si2/c1-27(2,3)39(7,8)35-18-20-22(37-25(29)33)23(38-40(9,10)28(4,5)6)24(36-20)32-17-16-21(31-26(32)34)30-19-14-12-11-13-15-19/h11-17,20,22-24H,18H2,1-10H3,(H2,29,33)(H,30,31,34)/t20-,22-,23-,24-/m1/s1. The molecule has 1 saturated heterocycles. The number of amides is 1. The van der Waals surface area contributed by atoms with E-state index >= 15 is 0 Å². The van der Waals surface area contributed by atoms with Gasteiger partial charge < -0.3 is 29.4 Å². The zero-order chi connectivity index (χ0) is 30.1. The van der Waals surface area contributed by atoms with Gasteiger partial charge in [-0.1, -0.05) is 59.7 Å². The number of hydrogen-bond acceptors (Lipinski definition) is 8. The van der Waals surface area contributed by atoms with Crippen LogP contribution in [0.15, 0.2) is 47.4 Å². The summed E-state index contributed by atoms with van der Waals surface area (Å²) < 4.78 is 26.7. The number of rotatable bonds is 9. The first-order chi connectivity index (χ1) is 18.3. The molecule has 12 heteroatoms. The molecule has 3 rings (SSSR count). The maximum absolute atomic E-state index is 13.3. The maximum atomic E-state index is 13.3. The van der Waals surface area contributed by atoms with E-state index in [2.05, 4.69) is 78.0 Å². The van der Waals surface area contributed by atoms with Gasteiger partial charge in [-0.15, -0.1) is 0 Å². The number of aromatic nitrogens is 2. The summed E-state index contributed by atoms with van der Waals surface area (Å²) >= 11 is 0. The van der Waals surface area contributed by atoms with Crippen molar-refractivity contribution >= 4 is 34.2 Å². The second-order valence-corrected chi connectivity index (χ2v) is 22.9. The molecule has 40 heavy (non-hydrogen) atoms. The minimum Gasteiger partial charge on any atom is -0.441 e. The molecule has 222 valence electrons. The molecule has 1 aliphatic rings. The molecule has 0 aliphatic carbocycles. The highest BCUT2D eigenvalue weighted by molar-refractivity contribution is 6.74. The number of hydrogen-bond donors (Lipinski definition) is 2. The van der Waals surface area contributed by atoms with Crippen molar-refractivity contribution in [3.8, 4) is 0 Å². The lowest BCUT2D eigenvalue weighted by molar-refractivity contribution is -0.0517. The Kier molecular flexibility index (Phi) is 9.41. The van der Waals surface area contributed by atoms with Crippen molar-refractivity contribution in [1.82, 2.24) is 9.55 Å². The largest absolute Gasteiger partial charge is 0.441 e. The third-order valence-electron chi connectivity index (χ3n) is 8.34. The van der Waals surface area contributed by atoms with Gasteiger partial charge in [-0.2, -0.15) is 4.98 Å². The summed E-state index contributed by atoms with van der Waals surface area (Å²) in [4.78, 5) is 29.7. The highest BCUT2D eigenvalue weighted by Crippen LogP contribution is 2.43. The Morgan fingerprint density at radius 1 is 1.00 bits per heavy atom. The monoisotopic (exact) mass is 590 g/mol. The number of nitrogens with one attached hydrogen (secondary N) is 1. The van der Waals surface area contributed by atoms with Gasteiger partial charge in [0.1, 0.15) is 18.0 Å². The van der Waals surface area contributed by atoms with Gasteiger partial charge in [-0.25, -0.2) is 9.59 Å². The number of ether oxygens (including phenoxy) is 2. The number of anilines is 2. The maximum Gasteiger partial charge on any atom is 0.404 e. The number of carbonyl (C=O) groups excluding carboxylic acids is 1. The average molecular weight is 591 g/mol. The van der Waals surface area contributed by atoms with Crippen LogP contribution in [0.4, 0.5) is 16.3 Å². The molecule has 1 aliphatic heterocycles. The molecule has 0 bridgehead atoms. The van der Waals surface area contributed by atoms with Gasteiger partial charge in [0.05, 0.1) is 6.61 Å². The van der Waals surface area contributed by atoms with E-state index in [0.717, 1.165) is 5.69 Å². The van der Waals surface area contributed by atoms with Crippen LogP contribution in [0.3, 0.4) is 0 Å². The Bertz CT molecular complexity index is 1220. The Hall–Kier alpha value is -2.52. The number of nitrogens with zero attached hydrogens (tertiary/aromatic N) is 2. The first-order valence-electron chi connectivity index (χ1n) is 13.7. The lowest BCUT2D eigenvalue weighted by atomic mass is 10.1. The number of para-hydroxylation sites is 1. The van der Waals surface area contributed by atoms with Gasteiger partial charge in [0, 0.05) is 11.9 Å². The topological polar surface area (TPSA) is 127 Å². The van der Waals surface area contributed by atoms with E-state index in [0.29, 0.717) is 5.82 Å². The van der Waals surface area contributed by atoms with Gasteiger partial charge in [-0.3, -0.25) is 4.57 Å². The third kappa shape index (κ3) is 7.41. The second-order valence-electron chi connectivity index (χ2n) is 13.4. The van der Waals surface area contributed by atoms with E-state index in [4.69, 9.17) is 24.1 Å². The summed E-state index contributed by atoms with van der Waals surface area (Å²) in [6.45, 7) is 21.4. The number of nitrogens with two attached hydrogens (primary N) is 1. The fourth-order valence-corrected chi connectivity index (χ4v) is 6.14. The molecule has 1 fully saturated rings. The van der Waals surface area contributed by atoms with E-state index in [-0.39, 0.29) is 16.7 Å². The molecule has 0 radical (unpaired) electrons. The Balaban J connectivity index is 2.00. The summed E-state index contributed by atoms with van der Waals surface area (Å²) in [7, 11) is -4.60. The smallest absolute Gasteiger partial charge is 0.404 e. The van der Waals surface area contributed by atoms with Crippen LogP contribution in [-0.4, -0.2) is 57.2 Å². The Labute approximate surface area is 239 Å². The van der Waals surface area contributed by atoms with Crippen molar-refractivity contribution in [2.24, 2.45) is 5.73 Å². The molecular weight excluding hydrogens is 545 g/mol. The SMILES string of the molecule is CC(C)(C)[Si](C)(C)OC[C@H]1O[C@@H](n2ccc(Nc3ccccc3)nc2=O)[C@H](O[Si](C)(C)C(C)(C)C)[C@@H]1OC(N)=O. The van der Waals surface area contributed by atoms with Crippen LogP contribution >= 0.6 is 0 Å². The van der Waals surface area contributed by atoms with Gasteiger partial charge in [0.15, 0.2) is 29.0 Å². The molecule has 2 heterocycles. The van der Waals surface area contributed by atoms with Gasteiger partial charge in [0.2, 0.25) is 0 Å². The zero-order valence-electron chi connectivity index (χ0n) is 25.5. The van der Waals surface area contributed by atoms with Crippen LogP contribution in [-0.2, 0) is 18.3 Å². The lowest BCUT2D eigenvalue weighted by Crippen LogP contribution is -2.51. The van der Waals surface area contributed by atoms with E-state index in [1.165, 1.54) is 4.57 Å². The highest BCUT2D eigenvalue weighted by Gasteiger charge is 2.53. The summed E-state index contributed by atoms with van der Waals surface area (Å²) in [5.41, 5.74) is 5.80. The summed E-state index contributed by atoms with van der Waals surface area (Å²) in [5.74, 6) is 0.398. The van der Waals surface area contributed by atoms with Crippen LogP contribution in [0, 0.1) is 0 Å². The molecule has 1 aromatic carbocycles. The lowest BCUT2D eigenvalue weighted by Gasteiger charge is -2.40. The zero-order valence-corrected chi connectivity index (χ0v) is 27.5. The minimum absolute atomic E-state index is 0.0372. The highest BCUT2D eigenvalue weighted by atomic mass is 28.4. The molecule has 1 aromatic heterocycles. The van der Waals surface area contributed by atoms with Crippen molar-refractivity contribution in [1.29, 1.82) is 0 Å². The fourth-order valence-electron chi connectivity index (χ4n) is 3.84. The second kappa shape index (κ2) is 11.8. The molecule has 2 aromatic rings. The first kappa shape index (κ1) is 32.0.